The maximum atomic E-state index is 12.2. The largest absolute Gasteiger partial charge is 0.360 e. The second-order valence-corrected chi connectivity index (χ2v) is 6.25. The van der Waals surface area contributed by atoms with Crippen molar-refractivity contribution < 1.29 is 14.5 Å². The molecule has 126 valence electrons. The molecule has 6 nitrogen and oxygen atoms in total. The summed E-state index contributed by atoms with van der Waals surface area (Å²) in [6.45, 7) is 4.11. The zero-order valence-electron chi connectivity index (χ0n) is 13.6. The van der Waals surface area contributed by atoms with Crippen molar-refractivity contribution in [3.8, 4) is 0 Å². The van der Waals surface area contributed by atoms with Crippen LogP contribution in [-0.4, -0.2) is 70.1 Å². The highest BCUT2D eigenvalue weighted by atomic mass is 35.5. The van der Waals surface area contributed by atoms with E-state index in [2.05, 4.69) is 16.3 Å². The predicted molar refractivity (Wildman–Crippen MR) is 90.9 cm³/mol. The van der Waals surface area contributed by atoms with Gasteiger partial charge in [-0.15, -0.1) is 0 Å². The van der Waals surface area contributed by atoms with Gasteiger partial charge in [0.25, 0.3) is 5.91 Å². The van der Waals surface area contributed by atoms with Crippen LogP contribution >= 0.6 is 11.6 Å². The number of quaternary nitrogens is 1. The Balaban J connectivity index is 1.80. The Hall–Kier alpha value is -1.79. The van der Waals surface area contributed by atoms with Crippen molar-refractivity contribution in [3.63, 3.8) is 0 Å². The summed E-state index contributed by atoms with van der Waals surface area (Å²) in [6.07, 6.45) is 0. The van der Waals surface area contributed by atoms with Crippen LogP contribution in [0.4, 0.5) is 5.69 Å². The molecular formula is C16H24ClN4O2+. The zero-order valence-corrected chi connectivity index (χ0v) is 14.4. The predicted octanol–water partition coefficient (Wildman–Crippen LogP) is -0.751. The average Bonchev–Trinajstić information content (AvgIpc) is 2.55. The van der Waals surface area contributed by atoms with Crippen molar-refractivity contribution in [2.75, 3.05) is 58.3 Å². The van der Waals surface area contributed by atoms with Crippen molar-refractivity contribution in [1.82, 2.24) is 10.2 Å². The number of anilines is 1. The highest BCUT2D eigenvalue weighted by molar-refractivity contribution is 6.30. The lowest BCUT2D eigenvalue weighted by molar-refractivity contribution is -0.892. The van der Waals surface area contributed by atoms with Crippen LogP contribution in [0.15, 0.2) is 24.3 Å². The van der Waals surface area contributed by atoms with Gasteiger partial charge in [-0.3, -0.25) is 9.59 Å². The van der Waals surface area contributed by atoms with Gasteiger partial charge < -0.3 is 20.0 Å². The fourth-order valence-electron chi connectivity index (χ4n) is 2.66. The maximum Gasteiger partial charge on any atom is 0.277 e. The van der Waals surface area contributed by atoms with Gasteiger partial charge in [0.2, 0.25) is 5.91 Å². The molecule has 7 heteroatoms. The fraction of sp³-hybridized carbons (Fsp3) is 0.500. The Bertz CT molecular complexity index is 559. The van der Waals surface area contributed by atoms with Gasteiger partial charge in [-0.1, -0.05) is 17.7 Å². The van der Waals surface area contributed by atoms with Crippen LogP contribution in [0.5, 0.6) is 0 Å². The second-order valence-electron chi connectivity index (χ2n) is 5.82. The van der Waals surface area contributed by atoms with Gasteiger partial charge in [0.1, 0.15) is 0 Å². The quantitative estimate of drug-likeness (QED) is 0.742. The smallest absolute Gasteiger partial charge is 0.277 e. The molecule has 2 amide bonds. The molecule has 0 spiro atoms. The van der Waals surface area contributed by atoms with E-state index < -0.39 is 0 Å². The monoisotopic (exact) mass is 339 g/mol. The van der Waals surface area contributed by atoms with Crippen LogP contribution in [0.3, 0.4) is 0 Å². The number of halogens is 1. The van der Waals surface area contributed by atoms with Gasteiger partial charge >= 0.3 is 0 Å². The lowest BCUT2D eigenvalue weighted by atomic mass is 10.2. The molecule has 0 radical (unpaired) electrons. The van der Waals surface area contributed by atoms with Gasteiger partial charge in [-0.05, 0) is 18.2 Å². The molecule has 0 aromatic heterocycles. The van der Waals surface area contributed by atoms with E-state index in [0.29, 0.717) is 6.54 Å². The van der Waals surface area contributed by atoms with E-state index in [1.807, 2.05) is 18.2 Å². The molecule has 0 unspecified atom stereocenters. The van der Waals surface area contributed by atoms with E-state index in [1.165, 1.54) is 9.80 Å². The molecule has 1 aromatic carbocycles. The number of rotatable bonds is 5. The highest BCUT2D eigenvalue weighted by Gasteiger charge is 2.24. The summed E-state index contributed by atoms with van der Waals surface area (Å²) in [6, 6.07) is 7.84. The molecule has 0 atom stereocenters. The molecule has 2 rings (SSSR count). The maximum absolute atomic E-state index is 12.2. The molecule has 1 aliphatic heterocycles. The van der Waals surface area contributed by atoms with Crippen LogP contribution in [0, 0.1) is 0 Å². The first-order valence-corrected chi connectivity index (χ1v) is 8.16. The number of carbonyl (C=O) groups excluding carboxylic acids is 2. The number of carbonyl (C=O) groups is 2. The molecule has 1 aliphatic rings. The van der Waals surface area contributed by atoms with E-state index in [9.17, 15) is 9.59 Å². The minimum Gasteiger partial charge on any atom is -0.360 e. The number of hydrogen-bond acceptors (Lipinski definition) is 3. The van der Waals surface area contributed by atoms with Crippen molar-refractivity contribution in [3.05, 3.63) is 29.3 Å². The minimum absolute atomic E-state index is 0.000180. The van der Waals surface area contributed by atoms with Gasteiger partial charge in [0, 0.05) is 24.8 Å². The van der Waals surface area contributed by atoms with E-state index >= 15 is 0 Å². The van der Waals surface area contributed by atoms with Crippen LogP contribution in [0.2, 0.25) is 5.02 Å². The Morgan fingerprint density at radius 1 is 1.35 bits per heavy atom. The number of nitrogens with one attached hydrogen (secondary N) is 2. The molecule has 0 aliphatic carbocycles. The number of benzene rings is 1. The molecule has 1 fully saturated rings. The minimum atomic E-state index is -0.151. The lowest BCUT2D eigenvalue weighted by Crippen LogP contribution is -3.15. The topological polar surface area (TPSA) is 57.1 Å². The second kappa shape index (κ2) is 8.17. The zero-order chi connectivity index (χ0) is 16.8. The summed E-state index contributed by atoms with van der Waals surface area (Å²) >= 11 is 6.04. The first kappa shape index (κ1) is 17.6. The molecule has 23 heavy (non-hydrogen) atoms. The van der Waals surface area contributed by atoms with E-state index in [1.54, 1.807) is 14.1 Å². The van der Waals surface area contributed by atoms with E-state index in [4.69, 9.17) is 11.6 Å². The van der Waals surface area contributed by atoms with Crippen molar-refractivity contribution >= 4 is 29.1 Å². The third-order valence-electron chi connectivity index (χ3n) is 4.13. The molecule has 2 N–H and O–H groups in total. The van der Waals surface area contributed by atoms with Crippen molar-refractivity contribution in [2.45, 2.75) is 0 Å². The highest BCUT2D eigenvalue weighted by Crippen LogP contribution is 2.19. The Kier molecular flexibility index (Phi) is 6.24. The van der Waals surface area contributed by atoms with Gasteiger partial charge in [0.05, 0.1) is 32.7 Å². The molecule has 1 saturated heterocycles. The van der Waals surface area contributed by atoms with Crippen LogP contribution in [-0.2, 0) is 9.59 Å². The number of amides is 2. The van der Waals surface area contributed by atoms with Gasteiger partial charge in [0.15, 0.2) is 6.54 Å². The fourth-order valence-corrected chi connectivity index (χ4v) is 2.85. The summed E-state index contributed by atoms with van der Waals surface area (Å²) in [5.74, 6) is -0.151. The lowest BCUT2D eigenvalue weighted by Gasteiger charge is -2.34. The van der Waals surface area contributed by atoms with Gasteiger partial charge in [-0.25, -0.2) is 0 Å². The number of likely N-dealkylation sites (N-methyl/N-ethyl adjacent to an activating group) is 2. The van der Waals surface area contributed by atoms with E-state index in [-0.39, 0.29) is 18.4 Å². The number of nitrogens with zero attached hydrogens (tertiary/aromatic N) is 2. The molecule has 0 saturated carbocycles. The molecule has 1 aromatic rings. The SMILES string of the molecule is CNC(=O)CN(C)C(=O)C[NH+]1CCN(c2cccc(Cl)c2)CC1. The first-order valence-electron chi connectivity index (χ1n) is 7.78. The van der Waals surface area contributed by atoms with Crippen LogP contribution < -0.4 is 15.1 Å². The third kappa shape index (κ3) is 5.11. The molecular weight excluding hydrogens is 316 g/mol. The summed E-state index contributed by atoms with van der Waals surface area (Å²) < 4.78 is 0. The molecule has 1 heterocycles. The normalized spacial score (nSPS) is 15.3. The Morgan fingerprint density at radius 3 is 2.65 bits per heavy atom. The summed E-state index contributed by atoms with van der Waals surface area (Å²) in [4.78, 5) is 28.5. The van der Waals surface area contributed by atoms with Gasteiger partial charge in [-0.2, -0.15) is 0 Å². The average molecular weight is 340 g/mol. The van der Waals surface area contributed by atoms with E-state index in [0.717, 1.165) is 36.9 Å². The number of hydrogen-bond donors (Lipinski definition) is 2. The van der Waals surface area contributed by atoms with Crippen LogP contribution in [0.25, 0.3) is 0 Å². The third-order valence-corrected chi connectivity index (χ3v) is 4.37. The number of piperazine rings is 1. The summed E-state index contributed by atoms with van der Waals surface area (Å²) in [5.41, 5.74) is 1.12. The Morgan fingerprint density at radius 2 is 2.04 bits per heavy atom. The first-order chi connectivity index (χ1) is 11.0. The van der Waals surface area contributed by atoms with Crippen molar-refractivity contribution in [1.29, 1.82) is 0 Å². The van der Waals surface area contributed by atoms with Crippen LogP contribution in [0.1, 0.15) is 0 Å². The summed E-state index contributed by atoms with van der Waals surface area (Å²) in [7, 11) is 3.24. The molecule has 0 bridgehead atoms. The van der Waals surface area contributed by atoms with Crippen molar-refractivity contribution in [2.24, 2.45) is 0 Å². The Labute approximate surface area is 142 Å². The standard InChI is InChI=1S/C16H23ClN4O2/c1-18-15(22)11-19(2)16(23)12-20-6-8-21(9-7-20)14-5-3-4-13(17)10-14/h3-5,10H,6-9,11-12H2,1-2H3,(H,18,22)/p+1. The summed E-state index contributed by atoms with van der Waals surface area (Å²) in [5, 5.41) is 3.26.